The minimum atomic E-state index is -1.13. The molecule has 1 heterocycles. The Bertz CT molecular complexity index is 889. The zero-order valence-electron chi connectivity index (χ0n) is 10.4. The zero-order valence-corrected chi connectivity index (χ0v) is 10.4. The van der Waals surface area contributed by atoms with E-state index in [1.807, 2.05) is 6.07 Å². The molecule has 7 heteroatoms. The quantitative estimate of drug-likeness (QED) is 0.720. The van der Waals surface area contributed by atoms with Crippen molar-refractivity contribution in [3.8, 4) is 23.3 Å². The van der Waals surface area contributed by atoms with Gasteiger partial charge in [-0.25, -0.2) is 13.5 Å². The number of hydrogen-bond acceptors (Lipinski definition) is 4. The van der Waals surface area contributed by atoms with Crippen LogP contribution in [0.2, 0.25) is 0 Å². The number of benzene rings is 2. The average Bonchev–Trinajstić information content (AvgIpc) is 2.88. The van der Waals surface area contributed by atoms with Crippen LogP contribution in [0.1, 0.15) is 5.56 Å². The van der Waals surface area contributed by atoms with Crippen molar-refractivity contribution >= 4 is 10.9 Å². The van der Waals surface area contributed by atoms with Gasteiger partial charge in [0.25, 0.3) is 0 Å². The minimum absolute atomic E-state index is 0.0206. The second-order valence-corrected chi connectivity index (χ2v) is 4.35. The third-order valence-corrected chi connectivity index (χ3v) is 3.04. The average molecular weight is 287 g/mol. The molecule has 3 rings (SSSR count). The molecular weight excluding hydrogens is 280 g/mol. The van der Waals surface area contributed by atoms with Gasteiger partial charge in [-0.05, 0) is 12.1 Å². The summed E-state index contributed by atoms with van der Waals surface area (Å²) in [4.78, 5) is 0. The molecule has 0 bridgehead atoms. The van der Waals surface area contributed by atoms with E-state index in [9.17, 15) is 13.9 Å². The first-order chi connectivity index (χ1) is 10.0. The molecule has 0 saturated heterocycles. The van der Waals surface area contributed by atoms with Crippen molar-refractivity contribution in [1.29, 1.82) is 5.26 Å². The van der Waals surface area contributed by atoms with Gasteiger partial charge in [-0.15, -0.1) is 0 Å². The van der Waals surface area contributed by atoms with Gasteiger partial charge in [0.2, 0.25) is 0 Å². The Hall–Kier alpha value is -3.14. The van der Waals surface area contributed by atoms with Crippen LogP contribution in [0.15, 0.2) is 30.5 Å². The zero-order chi connectivity index (χ0) is 15.1. The molecule has 2 aromatic carbocycles. The van der Waals surface area contributed by atoms with Crippen LogP contribution in [0.4, 0.5) is 8.78 Å². The number of nitrogens with zero attached hydrogens (tertiary/aromatic N) is 3. The molecule has 3 aromatic rings. The third-order valence-electron chi connectivity index (χ3n) is 3.04. The maximum atomic E-state index is 13.4. The predicted octanol–water partition coefficient (Wildman–Crippen LogP) is 2.59. The fraction of sp³-hybridized carbons (Fsp3) is 0. The van der Waals surface area contributed by atoms with Crippen molar-refractivity contribution in [2.75, 3.05) is 0 Å². The predicted molar refractivity (Wildman–Crippen MR) is 69.0 cm³/mol. The van der Waals surface area contributed by atoms with E-state index in [0.29, 0.717) is 10.9 Å². The summed E-state index contributed by atoms with van der Waals surface area (Å²) in [5, 5.41) is 32.1. The molecule has 0 aliphatic carbocycles. The molecule has 0 saturated carbocycles. The summed E-state index contributed by atoms with van der Waals surface area (Å²) in [6.45, 7) is 0. The van der Waals surface area contributed by atoms with E-state index in [1.54, 1.807) is 0 Å². The second-order valence-electron chi connectivity index (χ2n) is 4.35. The van der Waals surface area contributed by atoms with E-state index in [-0.39, 0.29) is 17.0 Å². The van der Waals surface area contributed by atoms with Gasteiger partial charge in [-0.3, -0.25) is 0 Å². The highest BCUT2D eigenvalue weighted by atomic mass is 19.1. The molecule has 0 radical (unpaired) electrons. The Balaban J connectivity index is 2.31. The van der Waals surface area contributed by atoms with Crippen molar-refractivity contribution in [1.82, 2.24) is 9.78 Å². The van der Waals surface area contributed by atoms with E-state index in [4.69, 9.17) is 10.4 Å². The molecule has 0 aliphatic rings. The van der Waals surface area contributed by atoms with Crippen molar-refractivity contribution in [3.63, 3.8) is 0 Å². The first-order valence-electron chi connectivity index (χ1n) is 5.80. The summed E-state index contributed by atoms with van der Waals surface area (Å²) in [5.74, 6) is -3.49. The van der Waals surface area contributed by atoms with Crippen LogP contribution in [0.3, 0.4) is 0 Å². The van der Waals surface area contributed by atoms with Gasteiger partial charge in [-0.1, -0.05) is 0 Å². The molecule has 0 amide bonds. The molecule has 0 aliphatic heterocycles. The monoisotopic (exact) mass is 287 g/mol. The Labute approximate surface area is 116 Å². The van der Waals surface area contributed by atoms with Crippen LogP contribution in [-0.4, -0.2) is 20.0 Å². The lowest BCUT2D eigenvalue weighted by Gasteiger charge is -2.06. The van der Waals surface area contributed by atoms with Crippen LogP contribution >= 0.6 is 0 Å². The summed E-state index contributed by atoms with van der Waals surface area (Å²) in [7, 11) is 0. The summed E-state index contributed by atoms with van der Waals surface area (Å²) in [6.07, 6.45) is 1.31. The number of nitriles is 1. The van der Waals surface area contributed by atoms with Gasteiger partial charge in [-0.2, -0.15) is 10.4 Å². The molecule has 21 heavy (non-hydrogen) atoms. The van der Waals surface area contributed by atoms with Gasteiger partial charge in [0, 0.05) is 12.1 Å². The number of phenolic OH excluding ortho intramolecular Hbond substituents is 2. The van der Waals surface area contributed by atoms with Crippen molar-refractivity contribution in [2.45, 2.75) is 0 Å². The Kier molecular flexibility index (Phi) is 2.73. The van der Waals surface area contributed by atoms with Crippen molar-refractivity contribution in [2.24, 2.45) is 0 Å². The number of rotatable bonds is 1. The molecule has 2 N–H and O–H groups in total. The number of halogens is 2. The van der Waals surface area contributed by atoms with Crippen LogP contribution in [0.5, 0.6) is 11.5 Å². The number of aromatic hydroxyl groups is 2. The van der Waals surface area contributed by atoms with Crippen LogP contribution in [0.25, 0.3) is 16.6 Å². The molecule has 1 aromatic heterocycles. The first kappa shape index (κ1) is 12.9. The molecule has 0 atom stereocenters. The summed E-state index contributed by atoms with van der Waals surface area (Å²) >= 11 is 0. The van der Waals surface area contributed by atoms with E-state index in [0.717, 1.165) is 12.1 Å². The molecule has 5 nitrogen and oxygen atoms in total. The van der Waals surface area contributed by atoms with Gasteiger partial charge in [0.1, 0.15) is 5.75 Å². The molecule has 104 valence electrons. The topological polar surface area (TPSA) is 82.1 Å². The number of phenols is 2. The lowest BCUT2D eigenvalue weighted by Crippen LogP contribution is -1.98. The highest BCUT2D eigenvalue weighted by molar-refractivity contribution is 5.87. The van der Waals surface area contributed by atoms with Gasteiger partial charge < -0.3 is 10.2 Å². The van der Waals surface area contributed by atoms with E-state index < -0.39 is 17.4 Å². The molecular formula is C14H7F2N3O2. The van der Waals surface area contributed by atoms with Crippen LogP contribution in [-0.2, 0) is 0 Å². The summed E-state index contributed by atoms with van der Waals surface area (Å²) in [5.41, 5.74) is 0.518. The fourth-order valence-electron chi connectivity index (χ4n) is 2.05. The first-order valence-corrected chi connectivity index (χ1v) is 5.80. The van der Waals surface area contributed by atoms with Crippen LogP contribution < -0.4 is 0 Å². The number of hydrogen-bond donors (Lipinski definition) is 2. The van der Waals surface area contributed by atoms with Crippen LogP contribution in [0, 0.1) is 23.0 Å². The lowest BCUT2D eigenvalue weighted by atomic mass is 10.1. The SMILES string of the molecule is N#Cc1cc(O)c2cnn(-c3cc(F)c(O)c(F)c3)c2c1. The summed E-state index contributed by atoms with van der Waals surface area (Å²) < 4.78 is 28.0. The maximum absolute atomic E-state index is 13.4. The number of fused-ring (bicyclic) bond motifs is 1. The Morgan fingerprint density at radius 1 is 1.10 bits per heavy atom. The Morgan fingerprint density at radius 2 is 1.76 bits per heavy atom. The Morgan fingerprint density at radius 3 is 2.38 bits per heavy atom. The second kappa shape index (κ2) is 4.45. The smallest absolute Gasteiger partial charge is 0.187 e. The van der Waals surface area contributed by atoms with Gasteiger partial charge in [0.05, 0.1) is 34.4 Å². The van der Waals surface area contributed by atoms with E-state index in [2.05, 4.69) is 5.10 Å². The largest absolute Gasteiger partial charge is 0.507 e. The highest BCUT2D eigenvalue weighted by Crippen LogP contribution is 2.30. The molecule has 0 spiro atoms. The fourth-order valence-corrected chi connectivity index (χ4v) is 2.05. The molecule has 0 unspecified atom stereocenters. The highest BCUT2D eigenvalue weighted by Gasteiger charge is 2.15. The van der Waals surface area contributed by atoms with E-state index in [1.165, 1.54) is 23.0 Å². The summed E-state index contributed by atoms with van der Waals surface area (Å²) in [6, 6.07) is 6.38. The van der Waals surface area contributed by atoms with Crippen molar-refractivity contribution in [3.05, 3.63) is 47.7 Å². The maximum Gasteiger partial charge on any atom is 0.187 e. The third kappa shape index (κ3) is 1.94. The lowest BCUT2D eigenvalue weighted by molar-refractivity contribution is 0.396. The standard InChI is InChI=1S/C14H7F2N3O2/c15-10-3-8(4-11(16)14(10)21)19-12-1-7(5-17)2-13(20)9(12)6-18-19/h1-4,6,20-21H. The van der Waals surface area contributed by atoms with Gasteiger partial charge >= 0.3 is 0 Å². The number of aromatic nitrogens is 2. The molecule has 0 fully saturated rings. The van der Waals surface area contributed by atoms with Crippen molar-refractivity contribution < 1.29 is 19.0 Å². The van der Waals surface area contributed by atoms with E-state index >= 15 is 0 Å². The normalized spacial score (nSPS) is 10.7. The minimum Gasteiger partial charge on any atom is -0.507 e. The van der Waals surface area contributed by atoms with Gasteiger partial charge in [0.15, 0.2) is 17.4 Å².